The zero-order valence-electron chi connectivity index (χ0n) is 21.8. The number of aliphatic carboxylic acids is 1. The molecule has 0 spiro atoms. The fraction of sp³-hybridized carbons (Fsp3) is 0.281. The van der Waals surface area contributed by atoms with Gasteiger partial charge in [-0.15, -0.1) is 0 Å². The van der Waals surface area contributed by atoms with Crippen molar-refractivity contribution in [1.29, 1.82) is 0 Å². The summed E-state index contributed by atoms with van der Waals surface area (Å²) in [4.78, 5) is 30.8. The van der Waals surface area contributed by atoms with Gasteiger partial charge >= 0.3 is 5.97 Å². The summed E-state index contributed by atoms with van der Waals surface area (Å²) < 4.78 is 0. The van der Waals surface area contributed by atoms with Gasteiger partial charge in [0.05, 0.1) is 5.69 Å². The van der Waals surface area contributed by atoms with Gasteiger partial charge in [-0.05, 0) is 61.4 Å². The first-order chi connectivity index (χ1) is 18.0. The summed E-state index contributed by atoms with van der Waals surface area (Å²) in [5.74, 6) is -0.789. The number of aliphatic imine (C=N–C) groups is 1. The van der Waals surface area contributed by atoms with Crippen LogP contribution in [0.15, 0.2) is 96.6 Å². The van der Waals surface area contributed by atoms with E-state index in [1.165, 1.54) is 0 Å². The Bertz CT molecular complexity index is 1130. The van der Waals surface area contributed by atoms with E-state index in [2.05, 4.69) is 25.1 Å². The third-order valence-corrected chi connectivity index (χ3v) is 5.78. The fourth-order valence-corrected chi connectivity index (χ4v) is 3.81. The molecule has 0 radical (unpaired) electrons. The van der Waals surface area contributed by atoms with Gasteiger partial charge in [-0.1, -0.05) is 80.8 Å². The first-order valence-corrected chi connectivity index (χ1v) is 12.8. The molecule has 0 aliphatic rings. The molecule has 194 valence electrons. The minimum atomic E-state index is -0.774. The van der Waals surface area contributed by atoms with Crippen molar-refractivity contribution in [3.63, 3.8) is 0 Å². The number of rotatable bonds is 16. The van der Waals surface area contributed by atoms with Crippen molar-refractivity contribution in [3.05, 3.63) is 108 Å². The molecule has 0 unspecified atom stereocenters. The molecule has 0 saturated carbocycles. The summed E-state index contributed by atoms with van der Waals surface area (Å²) in [6.07, 6.45) is 15.2. The van der Waals surface area contributed by atoms with Gasteiger partial charge in [0.15, 0.2) is 0 Å². The summed E-state index contributed by atoms with van der Waals surface area (Å²) in [6, 6.07) is 15.5. The second-order valence-electron chi connectivity index (χ2n) is 8.71. The Labute approximate surface area is 221 Å². The van der Waals surface area contributed by atoms with Crippen LogP contribution >= 0.6 is 0 Å². The molecule has 0 heterocycles. The maximum absolute atomic E-state index is 13.5. The molecule has 2 aromatic rings. The van der Waals surface area contributed by atoms with E-state index in [9.17, 15) is 9.59 Å². The third-order valence-electron chi connectivity index (χ3n) is 5.78. The van der Waals surface area contributed by atoms with Crippen LogP contribution in [0.1, 0.15) is 66.9 Å². The largest absolute Gasteiger partial charge is 0.481 e. The molecule has 37 heavy (non-hydrogen) atoms. The smallest absolute Gasteiger partial charge is 0.303 e. The monoisotopic (exact) mass is 498 g/mol. The zero-order chi connectivity index (χ0) is 26.9. The Morgan fingerprint density at radius 2 is 1.81 bits per heavy atom. The van der Waals surface area contributed by atoms with E-state index in [1.807, 2.05) is 77.9 Å². The van der Waals surface area contributed by atoms with Crippen LogP contribution in [0.2, 0.25) is 0 Å². The summed E-state index contributed by atoms with van der Waals surface area (Å²) in [7, 11) is 0. The minimum Gasteiger partial charge on any atom is -0.481 e. The lowest BCUT2D eigenvalue weighted by molar-refractivity contribution is -0.137. The van der Waals surface area contributed by atoms with E-state index in [0.717, 1.165) is 41.6 Å². The number of carbonyl (C=O) groups excluding carboxylic acids is 1. The van der Waals surface area contributed by atoms with Gasteiger partial charge in [0, 0.05) is 36.9 Å². The number of benzene rings is 2. The number of unbranched alkanes of at least 4 members (excludes halogenated alkanes) is 2. The maximum Gasteiger partial charge on any atom is 0.303 e. The summed E-state index contributed by atoms with van der Waals surface area (Å²) >= 11 is 0. The Kier molecular flexibility index (Phi) is 13.2. The van der Waals surface area contributed by atoms with Crippen LogP contribution in [0.25, 0.3) is 6.08 Å². The van der Waals surface area contributed by atoms with Crippen molar-refractivity contribution in [2.75, 3.05) is 13.1 Å². The average Bonchev–Trinajstić information content (AvgIpc) is 2.91. The van der Waals surface area contributed by atoms with Crippen molar-refractivity contribution in [2.24, 2.45) is 4.99 Å². The van der Waals surface area contributed by atoms with Gasteiger partial charge in [0.1, 0.15) is 0 Å². The van der Waals surface area contributed by atoms with E-state index in [4.69, 9.17) is 5.11 Å². The van der Waals surface area contributed by atoms with Crippen molar-refractivity contribution >= 4 is 29.9 Å². The molecule has 2 aromatic carbocycles. The molecule has 0 aromatic heterocycles. The SMILES string of the molecule is C=C/C=C(\C=C)CCN(CCC)C(=O)c1ccc(N=Cc2ccccc2)c(/C=C/CCCCC(=O)O)c1. The van der Waals surface area contributed by atoms with Crippen LogP contribution in [0.5, 0.6) is 0 Å². The Balaban J connectivity index is 2.27. The molecule has 1 N–H and O–H groups in total. The second-order valence-corrected chi connectivity index (χ2v) is 8.71. The number of hydrogen-bond donors (Lipinski definition) is 1. The van der Waals surface area contributed by atoms with Crippen LogP contribution in [0.3, 0.4) is 0 Å². The van der Waals surface area contributed by atoms with Crippen LogP contribution in [-0.2, 0) is 4.79 Å². The minimum absolute atomic E-state index is 0.0152. The molecule has 5 nitrogen and oxygen atoms in total. The van der Waals surface area contributed by atoms with Crippen LogP contribution in [0, 0.1) is 0 Å². The van der Waals surface area contributed by atoms with Gasteiger partial charge in [0.2, 0.25) is 0 Å². The van der Waals surface area contributed by atoms with E-state index in [0.29, 0.717) is 31.5 Å². The van der Waals surface area contributed by atoms with E-state index in [-0.39, 0.29) is 12.3 Å². The van der Waals surface area contributed by atoms with Crippen molar-refractivity contribution in [1.82, 2.24) is 4.90 Å². The van der Waals surface area contributed by atoms with E-state index < -0.39 is 5.97 Å². The molecule has 0 saturated heterocycles. The molecule has 0 fully saturated rings. The maximum atomic E-state index is 13.5. The summed E-state index contributed by atoms with van der Waals surface area (Å²) in [5.41, 5.74) is 4.27. The van der Waals surface area contributed by atoms with Gasteiger partial charge in [-0.2, -0.15) is 0 Å². The van der Waals surface area contributed by atoms with Gasteiger partial charge in [0.25, 0.3) is 5.91 Å². The highest BCUT2D eigenvalue weighted by Gasteiger charge is 2.16. The number of carboxylic acid groups (broad SMARTS) is 1. The lowest BCUT2D eigenvalue weighted by Crippen LogP contribution is -2.33. The number of allylic oxidation sites excluding steroid dienone is 4. The lowest BCUT2D eigenvalue weighted by Gasteiger charge is -2.23. The normalized spacial score (nSPS) is 11.6. The van der Waals surface area contributed by atoms with Crippen molar-refractivity contribution in [2.45, 2.75) is 45.4 Å². The Hall–Kier alpha value is -3.99. The van der Waals surface area contributed by atoms with Crippen LogP contribution < -0.4 is 0 Å². The molecule has 0 atom stereocenters. The van der Waals surface area contributed by atoms with Gasteiger partial charge in [-0.25, -0.2) is 0 Å². The quantitative estimate of drug-likeness (QED) is 0.147. The summed E-state index contributed by atoms with van der Waals surface area (Å²) in [6.45, 7) is 10.9. The van der Waals surface area contributed by atoms with Gasteiger partial charge in [-0.3, -0.25) is 14.6 Å². The highest BCUT2D eigenvalue weighted by atomic mass is 16.4. The zero-order valence-corrected chi connectivity index (χ0v) is 21.8. The number of amides is 1. The van der Waals surface area contributed by atoms with Crippen LogP contribution in [0.4, 0.5) is 5.69 Å². The molecule has 5 heteroatoms. The average molecular weight is 499 g/mol. The first kappa shape index (κ1) is 29.2. The topological polar surface area (TPSA) is 70.0 Å². The standard InChI is InChI=1S/C32H38N2O3/c1-4-14-26(6-3)21-23-34(22-5-2)32(37)29-19-20-30(33-25-27-15-10-9-11-16-27)28(24-29)17-12-7-8-13-18-31(35)36/h4,6,9-12,14-17,19-20,24-25H,1,3,5,7-8,13,18,21-23H2,2H3,(H,35,36)/b17-12+,26-14+,33-25?. The number of hydrogen-bond acceptors (Lipinski definition) is 3. The molecule has 0 bridgehead atoms. The third kappa shape index (κ3) is 10.7. The highest BCUT2D eigenvalue weighted by Crippen LogP contribution is 2.24. The fourth-order valence-electron chi connectivity index (χ4n) is 3.81. The molecule has 1 amide bonds. The molecule has 0 aliphatic heterocycles. The molecule has 0 aliphatic carbocycles. The number of nitrogens with zero attached hydrogens (tertiary/aromatic N) is 2. The highest BCUT2D eigenvalue weighted by molar-refractivity contribution is 5.96. The lowest BCUT2D eigenvalue weighted by atomic mass is 10.0. The number of carboxylic acids is 1. The van der Waals surface area contributed by atoms with Crippen molar-refractivity contribution in [3.8, 4) is 0 Å². The predicted octanol–water partition coefficient (Wildman–Crippen LogP) is 7.64. The predicted molar refractivity (Wildman–Crippen MR) is 155 cm³/mol. The molecular weight excluding hydrogens is 460 g/mol. The van der Waals surface area contributed by atoms with E-state index >= 15 is 0 Å². The van der Waals surface area contributed by atoms with Gasteiger partial charge < -0.3 is 10.0 Å². The molecular formula is C32H38N2O3. The van der Waals surface area contributed by atoms with Crippen molar-refractivity contribution < 1.29 is 14.7 Å². The number of carbonyl (C=O) groups is 2. The first-order valence-electron chi connectivity index (χ1n) is 12.8. The van der Waals surface area contributed by atoms with E-state index in [1.54, 1.807) is 12.2 Å². The Morgan fingerprint density at radius 3 is 2.49 bits per heavy atom. The second kappa shape index (κ2) is 16.6. The van der Waals surface area contributed by atoms with Crippen LogP contribution in [-0.4, -0.2) is 41.2 Å². The molecule has 2 rings (SSSR count). The Morgan fingerprint density at radius 1 is 1.03 bits per heavy atom. The summed E-state index contributed by atoms with van der Waals surface area (Å²) in [5, 5.41) is 8.83.